The van der Waals surface area contributed by atoms with Gasteiger partial charge in [-0.1, -0.05) is 6.92 Å². The van der Waals surface area contributed by atoms with Gasteiger partial charge in [0.25, 0.3) is 11.8 Å². The maximum atomic E-state index is 12.7. The fourth-order valence-corrected chi connectivity index (χ4v) is 2.55. The molecule has 2 rings (SSSR count). The van der Waals surface area contributed by atoms with Gasteiger partial charge in [-0.15, -0.1) is 0 Å². The van der Waals surface area contributed by atoms with Gasteiger partial charge in [0.2, 0.25) is 0 Å². The van der Waals surface area contributed by atoms with E-state index in [4.69, 9.17) is 9.47 Å². The third kappa shape index (κ3) is 5.25. The Morgan fingerprint density at radius 3 is 2.39 bits per heavy atom. The van der Waals surface area contributed by atoms with Crippen molar-refractivity contribution in [2.75, 3.05) is 25.1 Å². The first-order valence-electron chi connectivity index (χ1n) is 9.60. The minimum Gasteiger partial charge on any atom is -0.490 e. The Kier molecular flexibility index (Phi) is 7.86. The third-order valence-electron chi connectivity index (χ3n) is 3.89. The first-order valence-corrected chi connectivity index (χ1v) is 9.60. The molecular weight excluding hydrogens is 360 g/mol. The summed E-state index contributed by atoms with van der Waals surface area (Å²) in [4.78, 5) is 25.1. The molecule has 0 spiro atoms. The zero-order valence-electron chi connectivity index (χ0n) is 16.9. The maximum absolute atomic E-state index is 12.7. The van der Waals surface area contributed by atoms with Crippen LogP contribution in [0.5, 0.6) is 11.5 Å². The van der Waals surface area contributed by atoms with Crippen molar-refractivity contribution < 1.29 is 19.1 Å². The number of carbonyl (C=O) groups is 2. The van der Waals surface area contributed by atoms with Crippen molar-refractivity contribution in [2.45, 2.75) is 40.7 Å². The Bertz CT molecular complexity index is 817. The van der Waals surface area contributed by atoms with Gasteiger partial charge in [-0.05, 0) is 45.4 Å². The van der Waals surface area contributed by atoms with E-state index in [9.17, 15) is 9.59 Å². The van der Waals surface area contributed by atoms with Crippen LogP contribution < -0.4 is 20.1 Å². The van der Waals surface area contributed by atoms with Crippen molar-refractivity contribution in [2.24, 2.45) is 0 Å². The SMILES string of the molecule is CCCNC(=O)c1nn(CC)cc1NC(=O)c1ccc(OCC)c(OCC)c1. The number of nitrogens with zero attached hydrogens (tertiary/aromatic N) is 2. The molecule has 0 aliphatic heterocycles. The molecule has 0 saturated carbocycles. The number of nitrogens with one attached hydrogen (secondary N) is 2. The summed E-state index contributed by atoms with van der Waals surface area (Å²) in [6.45, 7) is 9.70. The predicted octanol–water partition coefficient (Wildman–Crippen LogP) is 3.09. The van der Waals surface area contributed by atoms with Crippen molar-refractivity contribution in [3.63, 3.8) is 0 Å². The molecule has 1 aromatic heterocycles. The van der Waals surface area contributed by atoms with Gasteiger partial charge in [-0.2, -0.15) is 5.10 Å². The van der Waals surface area contributed by atoms with Crippen LogP contribution in [0.3, 0.4) is 0 Å². The Morgan fingerprint density at radius 2 is 1.75 bits per heavy atom. The number of benzene rings is 1. The molecule has 1 aromatic carbocycles. The molecule has 0 unspecified atom stereocenters. The molecule has 152 valence electrons. The molecule has 0 saturated heterocycles. The van der Waals surface area contributed by atoms with Crippen LogP contribution in [0.1, 0.15) is 55.0 Å². The van der Waals surface area contributed by atoms with Crippen LogP contribution in [0.2, 0.25) is 0 Å². The summed E-state index contributed by atoms with van der Waals surface area (Å²) < 4.78 is 12.7. The standard InChI is InChI=1S/C20H28N4O4/c1-5-11-21-20(26)18-15(13-24(6-2)23-18)22-19(25)14-9-10-16(27-7-3)17(12-14)28-8-4/h9-10,12-13H,5-8,11H2,1-4H3,(H,21,26)(H,22,25). The molecule has 0 aliphatic rings. The largest absolute Gasteiger partial charge is 0.490 e. The fourth-order valence-electron chi connectivity index (χ4n) is 2.55. The second kappa shape index (κ2) is 10.3. The van der Waals surface area contributed by atoms with Gasteiger partial charge in [0.1, 0.15) is 0 Å². The Hall–Kier alpha value is -3.03. The summed E-state index contributed by atoms with van der Waals surface area (Å²) in [5.74, 6) is 0.414. The fraction of sp³-hybridized carbons (Fsp3) is 0.450. The first kappa shape index (κ1) is 21.3. The second-order valence-corrected chi connectivity index (χ2v) is 5.98. The lowest BCUT2D eigenvalue weighted by atomic mass is 10.2. The monoisotopic (exact) mass is 388 g/mol. The Morgan fingerprint density at radius 1 is 1.04 bits per heavy atom. The molecule has 8 heteroatoms. The number of rotatable bonds is 10. The number of anilines is 1. The molecule has 0 bridgehead atoms. The van der Waals surface area contributed by atoms with Crippen LogP contribution >= 0.6 is 0 Å². The zero-order valence-corrected chi connectivity index (χ0v) is 16.9. The first-order chi connectivity index (χ1) is 13.5. The minimum absolute atomic E-state index is 0.194. The van der Waals surface area contributed by atoms with Gasteiger partial charge in [0.05, 0.1) is 18.9 Å². The summed E-state index contributed by atoms with van der Waals surface area (Å²) in [6.07, 6.45) is 2.46. The van der Waals surface area contributed by atoms with Gasteiger partial charge in [0, 0.05) is 24.8 Å². The van der Waals surface area contributed by atoms with Crippen molar-refractivity contribution in [3.8, 4) is 11.5 Å². The number of carbonyl (C=O) groups excluding carboxylic acids is 2. The van der Waals surface area contributed by atoms with E-state index >= 15 is 0 Å². The van der Waals surface area contributed by atoms with E-state index in [1.807, 2.05) is 27.7 Å². The van der Waals surface area contributed by atoms with Crippen molar-refractivity contribution >= 4 is 17.5 Å². The molecule has 28 heavy (non-hydrogen) atoms. The van der Waals surface area contributed by atoms with Crippen molar-refractivity contribution in [1.29, 1.82) is 0 Å². The summed E-state index contributed by atoms with van der Waals surface area (Å²) in [6, 6.07) is 4.99. The van der Waals surface area contributed by atoms with Gasteiger partial charge >= 0.3 is 0 Å². The van der Waals surface area contributed by atoms with Gasteiger partial charge in [0.15, 0.2) is 17.2 Å². The minimum atomic E-state index is -0.357. The van der Waals surface area contributed by atoms with Crippen LogP contribution in [0.25, 0.3) is 0 Å². The average molecular weight is 388 g/mol. The molecule has 2 amide bonds. The molecule has 0 atom stereocenters. The highest BCUT2D eigenvalue weighted by molar-refractivity contribution is 6.08. The lowest BCUT2D eigenvalue weighted by Crippen LogP contribution is -2.26. The quantitative estimate of drug-likeness (QED) is 0.652. The average Bonchev–Trinajstić information content (AvgIpc) is 3.10. The summed E-state index contributed by atoms with van der Waals surface area (Å²) in [5.41, 5.74) is 0.961. The van der Waals surface area contributed by atoms with Gasteiger partial charge in [-0.25, -0.2) is 0 Å². The number of aryl methyl sites for hydroxylation is 1. The van der Waals surface area contributed by atoms with E-state index < -0.39 is 0 Å². The van der Waals surface area contributed by atoms with E-state index in [2.05, 4.69) is 15.7 Å². The topological polar surface area (TPSA) is 94.5 Å². The molecule has 8 nitrogen and oxygen atoms in total. The van der Waals surface area contributed by atoms with Crippen LogP contribution in [0.4, 0.5) is 5.69 Å². The maximum Gasteiger partial charge on any atom is 0.273 e. The van der Waals surface area contributed by atoms with Crippen LogP contribution in [0, 0.1) is 0 Å². The highest BCUT2D eigenvalue weighted by Crippen LogP contribution is 2.29. The number of hydrogen-bond donors (Lipinski definition) is 2. The molecule has 0 aliphatic carbocycles. The lowest BCUT2D eigenvalue weighted by Gasteiger charge is -2.12. The molecule has 2 N–H and O–H groups in total. The normalized spacial score (nSPS) is 10.4. The van der Waals surface area contributed by atoms with Crippen molar-refractivity contribution in [1.82, 2.24) is 15.1 Å². The smallest absolute Gasteiger partial charge is 0.273 e. The van der Waals surface area contributed by atoms with E-state index in [1.165, 1.54) is 0 Å². The van der Waals surface area contributed by atoms with E-state index in [-0.39, 0.29) is 17.5 Å². The number of aromatic nitrogens is 2. The molecule has 0 radical (unpaired) electrons. The molecule has 0 fully saturated rings. The summed E-state index contributed by atoms with van der Waals surface area (Å²) in [7, 11) is 0. The third-order valence-corrected chi connectivity index (χ3v) is 3.89. The van der Waals surface area contributed by atoms with E-state index in [0.29, 0.717) is 49.1 Å². The Labute approximate surface area is 165 Å². The zero-order chi connectivity index (χ0) is 20.5. The van der Waals surface area contributed by atoms with Gasteiger partial charge < -0.3 is 20.1 Å². The second-order valence-electron chi connectivity index (χ2n) is 5.98. The van der Waals surface area contributed by atoms with Crippen molar-refractivity contribution in [3.05, 3.63) is 35.7 Å². The highest BCUT2D eigenvalue weighted by atomic mass is 16.5. The Balaban J connectivity index is 2.25. The van der Waals surface area contributed by atoms with Crippen LogP contribution in [-0.2, 0) is 6.54 Å². The summed E-state index contributed by atoms with van der Waals surface area (Å²) in [5, 5.41) is 9.82. The number of amides is 2. The van der Waals surface area contributed by atoms with Crippen LogP contribution in [0.15, 0.2) is 24.4 Å². The van der Waals surface area contributed by atoms with E-state index in [1.54, 1.807) is 29.1 Å². The van der Waals surface area contributed by atoms with E-state index in [0.717, 1.165) is 6.42 Å². The predicted molar refractivity (Wildman–Crippen MR) is 107 cm³/mol. The highest BCUT2D eigenvalue weighted by Gasteiger charge is 2.19. The molecule has 2 aromatic rings. The summed E-state index contributed by atoms with van der Waals surface area (Å²) >= 11 is 0. The number of ether oxygens (including phenoxy) is 2. The van der Waals surface area contributed by atoms with Gasteiger partial charge in [-0.3, -0.25) is 14.3 Å². The van der Waals surface area contributed by atoms with Crippen LogP contribution in [-0.4, -0.2) is 41.4 Å². The molecule has 1 heterocycles. The lowest BCUT2D eigenvalue weighted by molar-refractivity contribution is 0.0948. The molecular formula is C20H28N4O4. The number of hydrogen-bond acceptors (Lipinski definition) is 5.